The van der Waals surface area contributed by atoms with Gasteiger partial charge in [0.2, 0.25) is 0 Å². The summed E-state index contributed by atoms with van der Waals surface area (Å²) in [6.07, 6.45) is 1.69. The molecule has 0 fully saturated rings. The number of benzene rings is 1. The Hall–Kier alpha value is -0.570. The van der Waals surface area contributed by atoms with Gasteiger partial charge in [0.05, 0.1) is 6.61 Å². The van der Waals surface area contributed by atoms with Gasteiger partial charge in [0.1, 0.15) is 11.6 Å². The van der Waals surface area contributed by atoms with E-state index < -0.39 is 0 Å². The van der Waals surface area contributed by atoms with Gasteiger partial charge in [-0.3, -0.25) is 0 Å². The summed E-state index contributed by atoms with van der Waals surface area (Å²) in [6.45, 7) is 0.697. The van der Waals surface area contributed by atoms with Gasteiger partial charge in [0, 0.05) is 10.0 Å². The molecule has 1 aliphatic rings. The second-order valence-corrected chi connectivity index (χ2v) is 3.73. The lowest BCUT2D eigenvalue weighted by Gasteiger charge is -2.17. The van der Waals surface area contributed by atoms with Crippen molar-refractivity contribution in [2.75, 3.05) is 6.61 Å². The molecule has 0 N–H and O–H groups in total. The molecule has 0 aromatic heterocycles. The largest absolute Gasteiger partial charge is 0.493 e. The third-order valence-corrected chi connectivity index (χ3v) is 2.41. The topological polar surface area (TPSA) is 9.23 Å². The molecule has 0 unspecified atom stereocenters. The van der Waals surface area contributed by atoms with E-state index in [1.165, 1.54) is 6.07 Å². The first-order chi connectivity index (χ1) is 5.77. The van der Waals surface area contributed by atoms with Crippen LogP contribution in [0, 0.1) is 5.82 Å². The van der Waals surface area contributed by atoms with Crippen LogP contribution < -0.4 is 4.74 Å². The third-order valence-electron chi connectivity index (χ3n) is 1.95. The Labute approximate surface area is 78.7 Å². The molecule has 0 atom stereocenters. The van der Waals surface area contributed by atoms with Crippen molar-refractivity contribution in [2.24, 2.45) is 0 Å². The summed E-state index contributed by atoms with van der Waals surface area (Å²) in [5, 5.41) is 0. The molecule has 0 bridgehead atoms. The summed E-state index contributed by atoms with van der Waals surface area (Å²) >= 11 is 3.22. The van der Waals surface area contributed by atoms with Crippen LogP contribution in [0.3, 0.4) is 0 Å². The van der Waals surface area contributed by atoms with E-state index in [4.69, 9.17) is 4.74 Å². The fourth-order valence-corrected chi connectivity index (χ4v) is 1.79. The second-order valence-electron chi connectivity index (χ2n) is 2.82. The zero-order valence-corrected chi connectivity index (χ0v) is 8.03. The Bertz CT molecular complexity index is 312. The van der Waals surface area contributed by atoms with E-state index >= 15 is 0 Å². The van der Waals surface area contributed by atoms with E-state index in [1.54, 1.807) is 0 Å². The lowest BCUT2D eigenvalue weighted by atomic mass is 10.1. The third kappa shape index (κ3) is 1.33. The minimum absolute atomic E-state index is 0.168. The molecule has 2 rings (SSSR count). The van der Waals surface area contributed by atoms with Gasteiger partial charge in [0.25, 0.3) is 0 Å². The molecule has 12 heavy (non-hydrogen) atoms. The number of hydrogen-bond donors (Lipinski definition) is 0. The minimum Gasteiger partial charge on any atom is -0.493 e. The van der Waals surface area contributed by atoms with Crippen LogP contribution >= 0.6 is 15.9 Å². The van der Waals surface area contributed by atoms with Gasteiger partial charge < -0.3 is 4.74 Å². The van der Waals surface area contributed by atoms with Crippen molar-refractivity contribution in [3.8, 4) is 5.75 Å². The molecular weight excluding hydrogens is 223 g/mol. The van der Waals surface area contributed by atoms with Gasteiger partial charge in [-0.2, -0.15) is 0 Å². The van der Waals surface area contributed by atoms with E-state index in [0.717, 1.165) is 17.3 Å². The van der Waals surface area contributed by atoms with E-state index in [0.29, 0.717) is 17.9 Å². The van der Waals surface area contributed by atoms with Crippen LogP contribution in [-0.4, -0.2) is 6.61 Å². The van der Waals surface area contributed by atoms with E-state index in [9.17, 15) is 4.39 Å². The Morgan fingerprint density at radius 1 is 1.42 bits per heavy atom. The molecule has 1 aliphatic heterocycles. The summed E-state index contributed by atoms with van der Waals surface area (Å²) in [6, 6.07) is 3.30. The van der Waals surface area contributed by atoms with Crippen molar-refractivity contribution in [2.45, 2.75) is 12.8 Å². The van der Waals surface area contributed by atoms with Crippen LogP contribution in [0.25, 0.3) is 0 Å². The summed E-state index contributed by atoms with van der Waals surface area (Å²) in [4.78, 5) is 0. The molecule has 0 radical (unpaired) electrons. The molecule has 1 aromatic rings. The normalized spacial score (nSPS) is 15.2. The molecule has 0 saturated carbocycles. The Morgan fingerprint density at radius 3 is 3.08 bits per heavy atom. The number of rotatable bonds is 0. The molecule has 0 spiro atoms. The van der Waals surface area contributed by atoms with Crippen LogP contribution in [0.4, 0.5) is 4.39 Å². The van der Waals surface area contributed by atoms with E-state index in [2.05, 4.69) is 15.9 Å². The molecule has 3 heteroatoms. The standard InChI is InChI=1S/C9H8BrFO/c10-6-4-8(11)7-2-1-3-12-9(7)5-6/h4-5H,1-3H2. The highest BCUT2D eigenvalue weighted by Gasteiger charge is 2.15. The molecule has 1 aromatic carbocycles. The van der Waals surface area contributed by atoms with E-state index in [1.807, 2.05) is 6.07 Å². The van der Waals surface area contributed by atoms with Gasteiger partial charge >= 0.3 is 0 Å². The van der Waals surface area contributed by atoms with Gasteiger partial charge in [-0.25, -0.2) is 4.39 Å². The van der Waals surface area contributed by atoms with Gasteiger partial charge in [-0.1, -0.05) is 15.9 Å². The molecule has 1 nitrogen and oxygen atoms in total. The van der Waals surface area contributed by atoms with E-state index in [-0.39, 0.29) is 5.82 Å². The number of fused-ring (bicyclic) bond motifs is 1. The van der Waals surface area contributed by atoms with Crippen molar-refractivity contribution in [1.29, 1.82) is 0 Å². The van der Waals surface area contributed by atoms with Crippen LogP contribution in [0.15, 0.2) is 16.6 Å². The highest BCUT2D eigenvalue weighted by molar-refractivity contribution is 9.10. The summed E-state index contributed by atoms with van der Waals surface area (Å²) in [5.74, 6) is 0.521. The predicted octanol–water partition coefficient (Wildman–Crippen LogP) is 2.91. The lowest BCUT2D eigenvalue weighted by Crippen LogP contribution is -2.09. The highest BCUT2D eigenvalue weighted by atomic mass is 79.9. The SMILES string of the molecule is Fc1cc(Br)cc2c1CCCO2. The lowest BCUT2D eigenvalue weighted by molar-refractivity contribution is 0.283. The molecule has 0 saturated heterocycles. The molecule has 0 aliphatic carbocycles. The average molecular weight is 231 g/mol. The average Bonchev–Trinajstić information content (AvgIpc) is 2.04. The highest BCUT2D eigenvalue weighted by Crippen LogP contribution is 2.30. The van der Waals surface area contributed by atoms with Crippen molar-refractivity contribution in [1.82, 2.24) is 0 Å². The summed E-state index contributed by atoms with van der Waals surface area (Å²) in [5.41, 5.74) is 0.712. The van der Waals surface area contributed by atoms with Crippen LogP contribution in [-0.2, 0) is 6.42 Å². The first-order valence-electron chi connectivity index (χ1n) is 3.88. The fourth-order valence-electron chi connectivity index (χ4n) is 1.38. The van der Waals surface area contributed by atoms with Crippen molar-refractivity contribution in [3.05, 3.63) is 28.0 Å². The maximum Gasteiger partial charge on any atom is 0.131 e. The quantitative estimate of drug-likeness (QED) is 0.667. The number of halogens is 2. The smallest absolute Gasteiger partial charge is 0.131 e. The number of ether oxygens (including phenoxy) is 1. The maximum atomic E-state index is 13.2. The predicted molar refractivity (Wildman–Crippen MR) is 47.9 cm³/mol. The summed E-state index contributed by atoms with van der Waals surface area (Å²) in [7, 11) is 0. The molecular formula is C9H8BrFO. The Morgan fingerprint density at radius 2 is 2.25 bits per heavy atom. The molecule has 1 heterocycles. The molecule has 64 valence electrons. The van der Waals surface area contributed by atoms with Crippen LogP contribution in [0.1, 0.15) is 12.0 Å². The van der Waals surface area contributed by atoms with Crippen molar-refractivity contribution in [3.63, 3.8) is 0 Å². The monoisotopic (exact) mass is 230 g/mol. The second kappa shape index (κ2) is 3.05. The zero-order chi connectivity index (χ0) is 8.55. The van der Waals surface area contributed by atoms with Crippen molar-refractivity contribution < 1.29 is 9.13 Å². The maximum absolute atomic E-state index is 13.2. The number of hydrogen-bond acceptors (Lipinski definition) is 1. The van der Waals surface area contributed by atoms with Gasteiger partial charge in [-0.05, 0) is 25.0 Å². The Balaban J connectivity index is 2.53. The zero-order valence-electron chi connectivity index (χ0n) is 6.44. The van der Waals surface area contributed by atoms with Gasteiger partial charge in [-0.15, -0.1) is 0 Å². The van der Waals surface area contributed by atoms with Crippen molar-refractivity contribution >= 4 is 15.9 Å². The first kappa shape index (κ1) is 8.05. The first-order valence-corrected chi connectivity index (χ1v) is 4.67. The van der Waals surface area contributed by atoms with Crippen LogP contribution in [0.5, 0.6) is 5.75 Å². The molecule has 0 amide bonds. The fraction of sp³-hybridized carbons (Fsp3) is 0.333. The van der Waals surface area contributed by atoms with Crippen LogP contribution in [0.2, 0.25) is 0 Å². The minimum atomic E-state index is -0.168. The summed E-state index contributed by atoms with van der Waals surface area (Å²) < 4.78 is 19.3. The van der Waals surface area contributed by atoms with Gasteiger partial charge in [0.15, 0.2) is 0 Å². The Kier molecular flexibility index (Phi) is 2.05.